The van der Waals surface area contributed by atoms with Crippen molar-refractivity contribution >= 4 is 12.0 Å². The van der Waals surface area contributed by atoms with Crippen LogP contribution in [0.15, 0.2) is 4.52 Å². The van der Waals surface area contributed by atoms with Gasteiger partial charge in [0.2, 0.25) is 0 Å². The molecule has 100 valence electrons. The Morgan fingerprint density at radius 1 is 1.50 bits per heavy atom. The van der Waals surface area contributed by atoms with E-state index >= 15 is 0 Å². The van der Waals surface area contributed by atoms with Crippen LogP contribution in [0.4, 0.5) is 4.79 Å². The van der Waals surface area contributed by atoms with Crippen LogP contribution in [-0.2, 0) is 4.79 Å². The molecule has 0 aliphatic heterocycles. The minimum atomic E-state index is -1.06. The van der Waals surface area contributed by atoms with Gasteiger partial charge in [0.15, 0.2) is 0 Å². The summed E-state index contributed by atoms with van der Waals surface area (Å²) in [6.07, 6.45) is 0. The molecule has 1 aromatic rings. The number of likely N-dealkylation sites (N-methyl/N-ethyl adjacent to an activating group) is 1. The normalized spacial score (nSPS) is 12.0. The van der Waals surface area contributed by atoms with Gasteiger partial charge in [-0.15, -0.1) is 0 Å². The van der Waals surface area contributed by atoms with E-state index in [0.717, 1.165) is 10.5 Å². The molecule has 18 heavy (non-hydrogen) atoms. The number of nitrogens with one attached hydrogen (secondary N) is 1. The zero-order valence-corrected chi connectivity index (χ0v) is 10.9. The van der Waals surface area contributed by atoms with Gasteiger partial charge in [0.1, 0.15) is 12.3 Å². The standard InChI is InChI=1S/C11H17N3O4/c1-6(10-7(2)13-18-8(10)3)12-11(17)14(4)5-9(15)16/h6H,5H2,1-4H3,(H,12,17)(H,15,16). The van der Waals surface area contributed by atoms with Crippen molar-refractivity contribution in [3.63, 3.8) is 0 Å². The summed E-state index contributed by atoms with van der Waals surface area (Å²) >= 11 is 0. The number of carboxylic acids is 1. The van der Waals surface area contributed by atoms with Crippen molar-refractivity contribution in [3.05, 3.63) is 17.0 Å². The number of amides is 2. The molecule has 1 atom stereocenters. The fourth-order valence-electron chi connectivity index (χ4n) is 1.75. The van der Waals surface area contributed by atoms with Crippen LogP contribution in [0.3, 0.4) is 0 Å². The summed E-state index contributed by atoms with van der Waals surface area (Å²) in [4.78, 5) is 23.3. The Kier molecular flexibility index (Phi) is 4.30. The van der Waals surface area contributed by atoms with Gasteiger partial charge < -0.3 is 19.8 Å². The van der Waals surface area contributed by atoms with Gasteiger partial charge >= 0.3 is 12.0 Å². The van der Waals surface area contributed by atoms with Crippen LogP contribution < -0.4 is 5.32 Å². The lowest BCUT2D eigenvalue weighted by atomic mass is 10.1. The van der Waals surface area contributed by atoms with Crippen LogP contribution in [0.5, 0.6) is 0 Å². The zero-order valence-electron chi connectivity index (χ0n) is 10.9. The first-order chi connectivity index (χ1) is 8.32. The molecule has 0 spiro atoms. The molecule has 0 aromatic carbocycles. The van der Waals surface area contributed by atoms with E-state index < -0.39 is 12.0 Å². The van der Waals surface area contributed by atoms with Crippen molar-refractivity contribution in [1.82, 2.24) is 15.4 Å². The third kappa shape index (κ3) is 3.22. The summed E-state index contributed by atoms with van der Waals surface area (Å²) in [5, 5.41) is 15.1. The topological polar surface area (TPSA) is 95.7 Å². The van der Waals surface area contributed by atoms with Crippen LogP contribution in [0.2, 0.25) is 0 Å². The Balaban J connectivity index is 2.68. The van der Waals surface area contributed by atoms with Crippen molar-refractivity contribution in [2.45, 2.75) is 26.8 Å². The van der Waals surface area contributed by atoms with Gasteiger partial charge in [0, 0.05) is 12.6 Å². The monoisotopic (exact) mass is 255 g/mol. The molecule has 0 fully saturated rings. The van der Waals surface area contributed by atoms with Crippen LogP contribution in [0, 0.1) is 13.8 Å². The number of rotatable bonds is 4. The van der Waals surface area contributed by atoms with E-state index in [1.165, 1.54) is 7.05 Å². The molecule has 0 saturated carbocycles. The molecule has 1 unspecified atom stereocenters. The second kappa shape index (κ2) is 5.52. The molecule has 0 aliphatic carbocycles. The van der Waals surface area contributed by atoms with Crippen molar-refractivity contribution in [2.75, 3.05) is 13.6 Å². The van der Waals surface area contributed by atoms with Gasteiger partial charge in [0.05, 0.1) is 11.7 Å². The van der Waals surface area contributed by atoms with E-state index in [9.17, 15) is 9.59 Å². The predicted molar refractivity (Wildman–Crippen MR) is 63.2 cm³/mol. The maximum absolute atomic E-state index is 11.7. The maximum atomic E-state index is 11.7. The Bertz CT molecular complexity index is 436. The van der Waals surface area contributed by atoms with E-state index in [1.54, 1.807) is 20.8 Å². The largest absolute Gasteiger partial charge is 0.480 e. The number of hydrogen-bond donors (Lipinski definition) is 2. The third-order valence-corrected chi connectivity index (χ3v) is 2.58. The number of urea groups is 1. The highest BCUT2D eigenvalue weighted by Gasteiger charge is 2.20. The highest BCUT2D eigenvalue weighted by atomic mass is 16.5. The first-order valence-electron chi connectivity index (χ1n) is 5.49. The number of carboxylic acid groups (broad SMARTS) is 1. The van der Waals surface area contributed by atoms with Gasteiger partial charge in [-0.1, -0.05) is 5.16 Å². The highest BCUT2D eigenvalue weighted by Crippen LogP contribution is 2.20. The number of carbonyl (C=O) groups excluding carboxylic acids is 1. The van der Waals surface area contributed by atoms with Crippen LogP contribution in [0.25, 0.3) is 0 Å². The minimum Gasteiger partial charge on any atom is -0.480 e. The molecule has 0 bridgehead atoms. The van der Waals surface area contributed by atoms with E-state index in [-0.39, 0.29) is 12.6 Å². The fourth-order valence-corrected chi connectivity index (χ4v) is 1.75. The first kappa shape index (κ1) is 14.0. The highest BCUT2D eigenvalue weighted by molar-refractivity contribution is 5.80. The molecule has 1 aromatic heterocycles. The van der Waals surface area contributed by atoms with E-state index in [1.807, 2.05) is 0 Å². The molecule has 1 rings (SSSR count). The Labute approximate surface area is 105 Å². The van der Waals surface area contributed by atoms with Crippen LogP contribution in [0.1, 0.15) is 30.0 Å². The Morgan fingerprint density at radius 2 is 2.11 bits per heavy atom. The van der Waals surface area contributed by atoms with Crippen molar-refractivity contribution in [3.8, 4) is 0 Å². The van der Waals surface area contributed by atoms with Crippen LogP contribution >= 0.6 is 0 Å². The maximum Gasteiger partial charge on any atom is 0.323 e. The molecule has 7 nitrogen and oxygen atoms in total. The predicted octanol–water partition coefficient (Wildman–Crippen LogP) is 1.08. The van der Waals surface area contributed by atoms with Gasteiger partial charge in [-0.05, 0) is 20.8 Å². The average Bonchev–Trinajstić information content (AvgIpc) is 2.57. The lowest BCUT2D eigenvalue weighted by molar-refractivity contribution is -0.137. The molecule has 0 aliphatic rings. The summed E-state index contributed by atoms with van der Waals surface area (Å²) in [5.41, 5.74) is 1.52. The second-order valence-electron chi connectivity index (χ2n) is 4.16. The minimum absolute atomic E-state index is 0.292. The summed E-state index contributed by atoms with van der Waals surface area (Å²) in [5.74, 6) is -0.418. The molecule has 0 saturated heterocycles. The zero-order chi connectivity index (χ0) is 13.9. The number of aryl methyl sites for hydroxylation is 2. The number of aromatic nitrogens is 1. The Hall–Kier alpha value is -2.05. The van der Waals surface area contributed by atoms with E-state index in [4.69, 9.17) is 9.63 Å². The van der Waals surface area contributed by atoms with Crippen molar-refractivity contribution < 1.29 is 19.2 Å². The Morgan fingerprint density at radius 3 is 2.56 bits per heavy atom. The summed E-state index contributed by atoms with van der Waals surface area (Å²) in [7, 11) is 1.42. The van der Waals surface area contributed by atoms with Crippen LogP contribution in [-0.4, -0.2) is 40.8 Å². The molecular formula is C11H17N3O4. The lowest BCUT2D eigenvalue weighted by Crippen LogP contribution is -2.41. The molecule has 1 heterocycles. The number of aliphatic carboxylic acids is 1. The quantitative estimate of drug-likeness (QED) is 0.839. The smallest absolute Gasteiger partial charge is 0.323 e. The van der Waals surface area contributed by atoms with Crippen molar-refractivity contribution in [2.24, 2.45) is 0 Å². The first-order valence-corrected chi connectivity index (χ1v) is 5.49. The second-order valence-corrected chi connectivity index (χ2v) is 4.16. The molecule has 0 radical (unpaired) electrons. The van der Waals surface area contributed by atoms with Gasteiger partial charge in [-0.3, -0.25) is 4.79 Å². The average molecular weight is 255 g/mol. The SMILES string of the molecule is Cc1noc(C)c1C(C)NC(=O)N(C)CC(=O)O. The number of nitrogens with zero attached hydrogens (tertiary/aromatic N) is 2. The summed E-state index contributed by atoms with van der Waals surface area (Å²) < 4.78 is 5.01. The van der Waals surface area contributed by atoms with Crippen molar-refractivity contribution in [1.29, 1.82) is 0 Å². The fraction of sp³-hybridized carbons (Fsp3) is 0.545. The van der Waals surface area contributed by atoms with Gasteiger partial charge in [-0.2, -0.15) is 0 Å². The summed E-state index contributed by atoms with van der Waals surface area (Å²) in [6.45, 7) is 4.99. The lowest BCUT2D eigenvalue weighted by Gasteiger charge is -2.19. The third-order valence-electron chi connectivity index (χ3n) is 2.58. The molecular weight excluding hydrogens is 238 g/mol. The molecule has 2 N–H and O–H groups in total. The summed E-state index contributed by atoms with van der Waals surface area (Å²) in [6, 6.07) is -0.745. The number of carbonyl (C=O) groups is 2. The van der Waals surface area contributed by atoms with Gasteiger partial charge in [-0.25, -0.2) is 4.79 Å². The van der Waals surface area contributed by atoms with E-state index in [2.05, 4.69) is 10.5 Å². The number of hydrogen-bond acceptors (Lipinski definition) is 4. The van der Waals surface area contributed by atoms with Gasteiger partial charge in [0.25, 0.3) is 0 Å². The van der Waals surface area contributed by atoms with E-state index in [0.29, 0.717) is 11.5 Å². The molecule has 7 heteroatoms. The molecule has 2 amide bonds.